The van der Waals surface area contributed by atoms with Gasteiger partial charge in [-0.3, -0.25) is 0 Å². The number of nitrogens with zero attached hydrogens (tertiary/aromatic N) is 2. The maximum atomic E-state index is 13.4. The lowest BCUT2D eigenvalue weighted by atomic mass is 10.2. The van der Waals surface area contributed by atoms with Gasteiger partial charge in [-0.2, -0.15) is 13.2 Å². The minimum absolute atomic E-state index is 0.0133. The summed E-state index contributed by atoms with van der Waals surface area (Å²) in [4.78, 5) is 6.39. The molecule has 1 fully saturated rings. The Kier molecular flexibility index (Phi) is 5.99. The lowest BCUT2D eigenvalue weighted by Crippen LogP contribution is -2.50. The van der Waals surface area contributed by atoms with Crippen LogP contribution in [0.25, 0.3) is 0 Å². The van der Waals surface area contributed by atoms with Crippen LogP contribution in [0.15, 0.2) is 41.4 Å². The zero-order chi connectivity index (χ0) is 18.7. The number of rotatable bonds is 4. The van der Waals surface area contributed by atoms with Crippen molar-refractivity contribution in [2.45, 2.75) is 29.9 Å². The monoisotopic (exact) mass is 401 g/mol. The van der Waals surface area contributed by atoms with Crippen molar-refractivity contribution < 1.29 is 13.2 Å². The number of thioether (sulfide) groups is 1. The first kappa shape index (κ1) is 19.3. The van der Waals surface area contributed by atoms with Gasteiger partial charge in [0.05, 0.1) is 5.56 Å². The summed E-state index contributed by atoms with van der Waals surface area (Å²) in [6, 6.07) is 9.92. The molecule has 26 heavy (non-hydrogen) atoms. The Morgan fingerprint density at radius 3 is 2.73 bits per heavy atom. The third-order valence-corrected chi connectivity index (χ3v) is 5.68. The Bertz CT molecular complexity index is 770. The van der Waals surface area contributed by atoms with E-state index in [1.54, 1.807) is 12.1 Å². The van der Waals surface area contributed by atoms with Crippen molar-refractivity contribution in [2.24, 2.45) is 0 Å². The number of anilines is 1. The summed E-state index contributed by atoms with van der Waals surface area (Å²) in [5.74, 6) is 0.907. The molecule has 0 radical (unpaired) electrons. The summed E-state index contributed by atoms with van der Waals surface area (Å²) < 4.78 is 40.2. The molecular formula is C18H19ClF3N3S. The second-order valence-corrected chi connectivity index (χ2v) is 7.52. The molecule has 2 heterocycles. The number of halogens is 4. The third kappa shape index (κ3) is 4.45. The predicted molar refractivity (Wildman–Crippen MR) is 99.9 cm³/mol. The van der Waals surface area contributed by atoms with Gasteiger partial charge in [-0.15, -0.1) is 11.8 Å². The van der Waals surface area contributed by atoms with Gasteiger partial charge in [-0.1, -0.05) is 29.8 Å². The molecule has 3 nitrogen and oxygen atoms in total. The van der Waals surface area contributed by atoms with Crippen molar-refractivity contribution in [3.05, 3.63) is 52.5 Å². The fourth-order valence-corrected chi connectivity index (χ4v) is 4.18. The molecule has 0 spiro atoms. The fourth-order valence-electron chi connectivity index (χ4n) is 2.86. The quantitative estimate of drug-likeness (QED) is 0.742. The van der Waals surface area contributed by atoms with Crippen LogP contribution < -0.4 is 10.2 Å². The maximum Gasteiger partial charge on any atom is 0.419 e. The third-order valence-electron chi connectivity index (χ3n) is 4.27. The van der Waals surface area contributed by atoms with Crippen molar-refractivity contribution >= 4 is 29.2 Å². The van der Waals surface area contributed by atoms with E-state index < -0.39 is 11.7 Å². The number of pyridine rings is 1. The van der Waals surface area contributed by atoms with Crippen LogP contribution in [0.5, 0.6) is 0 Å². The molecule has 1 aliphatic rings. The van der Waals surface area contributed by atoms with E-state index in [9.17, 15) is 13.2 Å². The summed E-state index contributed by atoms with van der Waals surface area (Å²) in [5, 5.41) is 3.80. The van der Waals surface area contributed by atoms with E-state index in [2.05, 4.69) is 10.3 Å². The standard InChI is InChI=1S/C18H19ClF3N3S/c1-12-10-23-8-9-25(12)16-7-6-14(18(20,21)22)17(24-16)26-11-13-4-2-3-5-15(13)19/h2-7,12,23H,8-11H2,1H3. The average Bonchev–Trinajstić information content (AvgIpc) is 2.60. The summed E-state index contributed by atoms with van der Waals surface area (Å²) >= 11 is 7.18. The molecule has 0 saturated carbocycles. The summed E-state index contributed by atoms with van der Waals surface area (Å²) in [7, 11) is 0. The van der Waals surface area contributed by atoms with E-state index in [0.717, 1.165) is 36.5 Å². The molecule has 8 heteroatoms. The van der Waals surface area contributed by atoms with Gasteiger partial charge >= 0.3 is 6.18 Å². The van der Waals surface area contributed by atoms with Crippen molar-refractivity contribution in [1.82, 2.24) is 10.3 Å². The second-order valence-electron chi connectivity index (χ2n) is 6.15. The van der Waals surface area contributed by atoms with Gasteiger partial charge in [-0.05, 0) is 30.7 Å². The highest BCUT2D eigenvalue weighted by Crippen LogP contribution is 2.38. The fraction of sp³-hybridized carbons (Fsp3) is 0.389. The van der Waals surface area contributed by atoms with Crippen LogP contribution in [0.1, 0.15) is 18.1 Å². The lowest BCUT2D eigenvalue weighted by molar-refractivity contribution is -0.140. The number of aromatic nitrogens is 1. The molecule has 1 aromatic carbocycles. The lowest BCUT2D eigenvalue weighted by Gasteiger charge is -2.35. The second kappa shape index (κ2) is 8.06. The normalized spacial score (nSPS) is 18.2. The molecule has 1 saturated heterocycles. The van der Waals surface area contributed by atoms with Gasteiger partial charge in [-0.25, -0.2) is 4.98 Å². The van der Waals surface area contributed by atoms with Crippen LogP contribution >= 0.6 is 23.4 Å². The van der Waals surface area contributed by atoms with Crippen LogP contribution in [-0.4, -0.2) is 30.7 Å². The van der Waals surface area contributed by atoms with E-state index in [-0.39, 0.29) is 11.1 Å². The maximum absolute atomic E-state index is 13.4. The SMILES string of the molecule is CC1CNCCN1c1ccc(C(F)(F)F)c(SCc2ccccc2Cl)n1. The van der Waals surface area contributed by atoms with Crippen LogP contribution in [0.2, 0.25) is 5.02 Å². The number of alkyl halides is 3. The zero-order valence-corrected chi connectivity index (χ0v) is 15.8. The van der Waals surface area contributed by atoms with Gasteiger partial charge < -0.3 is 10.2 Å². The van der Waals surface area contributed by atoms with Crippen LogP contribution in [0, 0.1) is 0 Å². The van der Waals surface area contributed by atoms with Crippen molar-refractivity contribution in [3.8, 4) is 0 Å². The minimum Gasteiger partial charge on any atom is -0.351 e. The molecular weight excluding hydrogens is 383 g/mol. The Morgan fingerprint density at radius 1 is 1.27 bits per heavy atom. The predicted octanol–water partition coefficient (Wildman–Crippen LogP) is 4.84. The Hall–Kier alpha value is -1.44. The first-order valence-electron chi connectivity index (χ1n) is 8.28. The van der Waals surface area contributed by atoms with Crippen molar-refractivity contribution in [2.75, 3.05) is 24.5 Å². The highest BCUT2D eigenvalue weighted by atomic mass is 35.5. The molecule has 1 atom stereocenters. The molecule has 0 amide bonds. The van der Waals surface area contributed by atoms with E-state index in [0.29, 0.717) is 23.1 Å². The Labute approximate surface area is 159 Å². The van der Waals surface area contributed by atoms with Crippen LogP contribution in [0.4, 0.5) is 19.0 Å². The highest BCUT2D eigenvalue weighted by Gasteiger charge is 2.35. The number of piperazine rings is 1. The van der Waals surface area contributed by atoms with Gasteiger partial charge in [0.15, 0.2) is 0 Å². The first-order valence-corrected chi connectivity index (χ1v) is 9.64. The largest absolute Gasteiger partial charge is 0.419 e. The molecule has 0 aliphatic carbocycles. The number of hydrogen-bond acceptors (Lipinski definition) is 4. The summed E-state index contributed by atoms with van der Waals surface area (Å²) in [6.45, 7) is 4.32. The van der Waals surface area contributed by atoms with E-state index in [1.807, 2.05) is 24.0 Å². The average molecular weight is 402 g/mol. The number of benzene rings is 1. The van der Waals surface area contributed by atoms with E-state index in [4.69, 9.17) is 11.6 Å². The van der Waals surface area contributed by atoms with Gasteiger partial charge in [0.1, 0.15) is 10.8 Å². The molecule has 1 aliphatic heterocycles. The summed E-state index contributed by atoms with van der Waals surface area (Å²) in [6.07, 6.45) is -4.44. The molecule has 140 valence electrons. The molecule has 1 unspecified atom stereocenters. The smallest absolute Gasteiger partial charge is 0.351 e. The molecule has 2 aromatic rings. The number of nitrogens with one attached hydrogen (secondary N) is 1. The van der Waals surface area contributed by atoms with E-state index in [1.165, 1.54) is 6.07 Å². The van der Waals surface area contributed by atoms with Crippen LogP contribution in [0.3, 0.4) is 0 Å². The van der Waals surface area contributed by atoms with Gasteiger partial charge in [0.2, 0.25) is 0 Å². The van der Waals surface area contributed by atoms with E-state index >= 15 is 0 Å². The Balaban J connectivity index is 1.89. The van der Waals surface area contributed by atoms with Gasteiger partial charge in [0, 0.05) is 36.5 Å². The molecule has 1 N–H and O–H groups in total. The summed E-state index contributed by atoms with van der Waals surface area (Å²) in [5.41, 5.74) is 0.0797. The minimum atomic E-state index is -4.44. The van der Waals surface area contributed by atoms with Gasteiger partial charge in [0.25, 0.3) is 0 Å². The topological polar surface area (TPSA) is 28.2 Å². The Morgan fingerprint density at radius 2 is 2.04 bits per heavy atom. The highest BCUT2D eigenvalue weighted by molar-refractivity contribution is 7.98. The zero-order valence-electron chi connectivity index (χ0n) is 14.2. The first-order chi connectivity index (χ1) is 12.4. The van der Waals surface area contributed by atoms with Crippen molar-refractivity contribution in [3.63, 3.8) is 0 Å². The number of hydrogen-bond donors (Lipinski definition) is 1. The molecule has 3 rings (SSSR count). The molecule has 1 aromatic heterocycles. The molecule has 0 bridgehead atoms. The van der Waals surface area contributed by atoms with Crippen molar-refractivity contribution in [1.29, 1.82) is 0 Å². The van der Waals surface area contributed by atoms with Crippen LogP contribution in [-0.2, 0) is 11.9 Å².